The number of rotatable bonds is 6. The Hall–Kier alpha value is -3.38. The van der Waals surface area contributed by atoms with Crippen molar-refractivity contribution < 1.29 is 13.9 Å². The van der Waals surface area contributed by atoms with E-state index in [0.29, 0.717) is 40.5 Å². The minimum absolute atomic E-state index is 0.0832. The van der Waals surface area contributed by atoms with Gasteiger partial charge in [-0.05, 0) is 60.4 Å². The number of nitrogens with zero attached hydrogens (tertiary/aromatic N) is 1. The molecule has 0 aliphatic carbocycles. The summed E-state index contributed by atoms with van der Waals surface area (Å²) in [6.07, 6.45) is 0.940. The van der Waals surface area contributed by atoms with Crippen LogP contribution in [0.3, 0.4) is 0 Å². The highest BCUT2D eigenvalue weighted by molar-refractivity contribution is 9.10. The zero-order valence-corrected chi connectivity index (χ0v) is 20.5. The van der Waals surface area contributed by atoms with Crippen molar-refractivity contribution in [1.82, 2.24) is 0 Å². The van der Waals surface area contributed by atoms with Crippen LogP contribution >= 0.6 is 15.9 Å². The molecule has 0 fully saturated rings. The van der Waals surface area contributed by atoms with E-state index < -0.39 is 6.04 Å². The van der Waals surface area contributed by atoms with Crippen molar-refractivity contribution in [3.63, 3.8) is 0 Å². The number of amides is 1. The Labute approximate surface area is 206 Å². The van der Waals surface area contributed by atoms with E-state index in [1.807, 2.05) is 54.6 Å². The number of carbonyl (C=O) groups is 1. The second kappa shape index (κ2) is 9.11. The topological polar surface area (TPSA) is 59.8 Å². The third kappa shape index (κ3) is 4.03. The van der Waals surface area contributed by atoms with Crippen LogP contribution in [0.25, 0.3) is 11.0 Å². The number of ether oxygens (including phenoxy) is 1. The summed E-state index contributed by atoms with van der Waals surface area (Å²) >= 11 is 3.44. The highest BCUT2D eigenvalue weighted by Crippen LogP contribution is 2.42. The van der Waals surface area contributed by atoms with E-state index in [9.17, 15) is 9.59 Å². The molecule has 0 bridgehead atoms. The van der Waals surface area contributed by atoms with Crippen molar-refractivity contribution in [3.05, 3.63) is 104 Å². The first-order chi connectivity index (χ1) is 16.4. The second-order valence-electron chi connectivity index (χ2n) is 8.83. The minimum atomic E-state index is -0.627. The van der Waals surface area contributed by atoms with Gasteiger partial charge in [0, 0.05) is 10.2 Å². The van der Waals surface area contributed by atoms with Crippen LogP contribution in [0.4, 0.5) is 5.69 Å². The predicted molar refractivity (Wildman–Crippen MR) is 137 cm³/mol. The fourth-order valence-corrected chi connectivity index (χ4v) is 4.66. The molecular weight excluding hydrogens is 494 g/mol. The first-order valence-corrected chi connectivity index (χ1v) is 12.1. The molecule has 0 saturated heterocycles. The number of halogens is 1. The average molecular weight is 518 g/mol. The van der Waals surface area contributed by atoms with Gasteiger partial charge in [-0.2, -0.15) is 0 Å². The van der Waals surface area contributed by atoms with E-state index >= 15 is 0 Å². The van der Waals surface area contributed by atoms with Gasteiger partial charge in [-0.1, -0.05) is 60.1 Å². The van der Waals surface area contributed by atoms with E-state index in [2.05, 4.69) is 29.8 Å². The van der Waals surface area contributed by atoms with Gasteiger partial charge in [0.15, 0.2) is 5.43 Å². The maximum Gasteiger partial charge on any atom is 0.295 e. The third-order valence-corrected chi connectivity index (χ3v) is 6.50. The Morgan fingerprint density at radius 2 is 1.79 bits per heavy atom. The molecule has 1 aliphatic rings. The molecule has 1 aliphatic heterocycles. The van der Waals surface area contributed by atoms with Crippen molar-refractivity contribution in [3.8, 4) is 5.75 Å². The van der Waals surface area contributed by atoms with Crippen molar-refractivity contribution in [2.45, 2.75) is 26.3 Å². The van der Waals surface area contributed by atoms with Gasteiger partial charge in [0.25, 0.3) is 5.91 Å². The highest BCUT2D eigenvalue weighted by Gasteiger charge is 2.43. The van der Waals surface area contributed by atoms with Crippen LogP contribution in [0.5, 0.6) is 5.75 Å². The van der Waals surface area contributed by atoms with Gasteiger partial charge < -0.3 is 9.15 Å². The van der Waals surface area contributed by atoms with Crippen molar-refractivity contribution in [2.75, 3.05) is 11.5 Å². The fraction of sp³-hybridized carbons (Fsp3) is 0.214. The summed E-state index contributed by atoms with van der Waals surface area (Å²) in [6, 6.07) is 21.6. The number of para-hydroxylation sites is 1. The van der Waals surface area contributed by atoms with Crippen LogP contribution in [-0.2, 0) is 0 Å². The maximum atomic E-state index is 13.7. The Balaban J connectivity index is 1.68. The lowest BCUT2D eigenvalue weighted by Gasteiger charge is -2.25. The first-order valence-electron chi connectivity index (χ1n) is 11.3. The second-order valence-corrected chi connectivity index (χ2v) is 9.75. The van der Waals surface area contributed by atoms with Gasteiger partial charge in [-0.15, -0.1) is 0 Å². The molecule has 34 heavy (non-hydrogen) atoms. The summed E-state index contributed by atoms with van der Waals surface area (Å²) in [4.78, 5) is 29.0. The Kier molecular flexibility index (Phi) is 6.00. The molecule has 1 atom stereocenters. The van der Waals surface area contributed by atoms with Gasteiger partial charge in [0.05, 0.1) is 23.6 Å². The van der Waals surface area contributed by atoms with Gasteiger partial charge >= 0.3 is 0 Å². The number of hydrogen-bond donors (Lipinski definition) is 0. The molecular formula is C28H24BrNO4. The molecule has 6 heteroatoms. The SMILES string of the molecule is CC(C)CCOc1cccc(C2c3c(oc4ccc(Br)cc4c3=O)C(=O)N2c2ccccc2)c1. The van der Waals surface area contributed by atoms with Crippen molar-refractivity contribution in [1.29, 1.82) is 0 Å². The third-order valence-electron chi connectivity index (χ3n) is 6.00. The molecule has 1 unspecified atom stereocenters. The molecule has 4 aromatic rings. The molecule has 0 radical (unpaired) electrons. The van der Waals surface area contributed by atoms with Gasteiger partial charge in [-0.25, -0.2) is 0 Å². The monoisotopic (exact) mass is 517 g/mol. The molecule has 5 rings (SSSR count). The quantitative estimate of drug-likeness (QED) is 0.284. The molecule has 0 N–H and O–H groups in total. The molecule has 2 heterocycles. The summed E-state index contributed by atoms with van der Waals surface area (Å²) < 4.78 is 12.8. The summed E-state index contributed by atoms with van der Waals surface area (Å²) in [5, 5.41) is 0.435. The smallest absolute Gasteiger partial charge is 0.295 e. The average Bonchev–Trinajstić information content (AvgIpc) is 3.13. The summed E-state index contributed by atoms with van der Waals surface area (Å²) in [5.41, 5.74) is 2.01. The van der Waals surface area contributed by atoms with E-state index in [1.54, 1.807) is 23.1 Å². The van der Waals surface area contributed by atoms with E-state index in [4.69, 9.17) is 9.15 Å². The number of anilines is 1. The number of benzene rings is 3. The molecule has 1 aromatic heterocycles. The largest absolute Gasteiger partial charge is 0.494 e. The van der Waals surface area contributed by atoms with Crippen LogP contribution in [0.15, 0.2) is 86.5 Å². The number of hydrogen-bond acceptors (Lipinski definition) is 4. The lowest BCUT2D eigenvalue weighted by Crippen LogP contribution is -2.29. The summed E-state index contributed by atoms with van der Waals surface area (Å²) in [5.74, 6) is 0.993. The predicted octanol–water partition coefficient (Wildman–Crippen LogP) is 6.73. The zero-order valence-electron chi connectivity index (χ0n) is 19.0. The lowest BCUT2D eigenvalue weighted by molar-refractivity contribution is 0.0971. The van der Waals surface area contributed by atoms with Crippen LogP contribution in [0, 0.1) is 5.92 Å². The van der Waals surface area contributed by atoms with Crippen molar-refractivity contribution in [2.24, 2.45) is 5.92 Å². The van der Waals surface area contributed by atoms with E-state index in [0.717, 1.165) is 16.5 Å². The molecule has 1 amide bonds. The van der Waals surface area contributed by atoms with Gasteiger partial charge in [0.2, 0.25) is 5.76 Å². The summed E-state index contributed by atoms with van der Waals surface area (Å²) in [7, 11) is 0. The van der Waals surface area contributed by atoms with Crippen LogP contribution in [0.2, 0.25) is 0 Å². The Bertz CT molecular complexity index is 1430. The molecule has 5 nitrogen and oxygen atoms in total. The molecule has 0 saturated carbocycles. The highest BCUT2D eigenvalue weighted by atomic mass is 79.9. The zero-order chi connectivity index (χ0) is 23.8. The number of carbonyl (C=O) groups excluding carboxylic acids is 1. The van der Waals surface area contributed by atoms with Crippen LogP contribution < -0.4 is 15.1 Å². The number of fused-ring (bicyclic) bond motifs is 2. The van der Waals surface area contributed by atoms with E-state index in [-0.39, 0.29) is 17.1 Å². The molecule has 3 aromatic carbocycles. The fourth-order valence-electron chi connectivity index (χ4n) is 4.30. The first kappa shape index (κ1) is 22.4. The summed E-state index contributed by atoms with van der Waals surface area (Å²) in [6.45, 7) is 4.91. The molecule has 0 spiro atoms. The standard InChI is InChI=1S/C28H24BrNO4/c1-17(2)13-14-33-21-10-6-7-18(15-21)25-24-26(31)22-16-19(29)11-12-23(22)34-27(24)28(32)30(25)20-8-4-3-5-9-20/h3-12,15-17,25H,13-14H2,1-2H3. The van der Waals surface area contributed by atoms with Crippen LogP contribution in [0.1, 0.15) is 48.0 Å². The minimum Gasteiger partial charge on any atom is -0.494 e. The molecule has 172 valence electrons. The van der Waals surface area contributed by atoms with Gasteiger partial charge in [0.1, 0.15) is 11.3 Å². The maximum absolute atomic E-state index is 13.7. The normalized spacial score (nSPS) is 15.2. The van der Waals surface area contributed by atoms with Gasteiger partial charge in [-0.3, -0.25) is 14.5 Å². The van der Waals surface area contributed by atoms with Crippen LogP contribution in [-0.4, -0.2) is 12.5 Å². The van der Waals surface area contributed by atoms with E-state index in [1.165, 1.54) is 0 Å². The Morgan fingerprint density at radius 3 is 2.56 bits per heavy atom. The lowest BCUT2D eigenvalue weighted by atomic mass is 9.98. The van der Waals surface area contributed by atoms with Crippen molar-refractivity contribution >= 4 is 38.5 Å². The Morgan fingerprint density at radius 1 is 1.00 bits per heavy atom.